The highest BCUT2D eigenvalue weighted by Gasteiger charge is 2.42. The Kier molecular flexibility index (Phi) is 7.97. The second-order valence-electron chi connectivity index (χ2n) is 10.8. The summed E-state index contributed by atoms with van der Waals surface area (Å²) < 4.78 is 5.57. The third-order valence-corrected chi connectivity index (χ3v) is 6.67. The van der Waals surface area contributed by atoms with E-state index >= 15 is 0 Å². The highest BCUT2D eigenvalue weighted by molar-refractivity contribution is 5.97. The third-order valence-electron chi connectivity index (χ3n) is 6.67. The molecule has 0 saturated carbocycles. The topological polar surface area (TPSA) is 87.7 Å². The van der Waals surface area contributed by atoms with Crippen molar-refractivity contribution in [3.05, 3.63) is 65.2 Å². The maximum atomic E-state index is 13.3. The van der Waals surface area contributed by atoms with Gasteiger partial charge in [0, 0.05) is 24.7 Å². The predicted octanol–water partition coefficient (Wildman–Crippen LogP) is 4.63. The van der Waals surface area contributed by atoms with Crippen molar-refractivity contribution < 1.29 is 19.1 Å². The summed E-state index contributed by atoms with van der Waals surface area (Å²) in [6, 6.07) is 15.1. The molecule has 2 N–H and O–H groups in total. The zero-order chi connectivity index (χ0) is 25.7. The fraction of sp³-hybridized carbons (Fsp3) is 0.483. The summed E-state index contributed by atoms with van der Waals surface area (Å²) in [5, 5.41) is 6.01. The van der Waals surface area contributed by atoms with Crippen LogP contribution in [0.15, 0.2) is 48.5 Å². The minimum atomic E-state index is -0.720. The second-order valence-corrected chi connectivity index (χ2v) is 10.8. The van der Waals surface area contributed by atoms with Gasteiger partial charge < -0.3 is 15.4 Å². The van der Waals surface area contributed by atoms with Crippen LogP contribution in [0.4, 0.5) is 10.5 Å². The Balaban J connectivity index is 1.37. The molecule has 1 aliphatic heterocycles. The Bertz CT molecular complexity index is 1090. The summed E-state index contributed by atoms with van der Waals surface area (Å²) >= 11 is 0. The number of aryl methyl sites for hydroxylation is 3. The molecule has 0 radical (unpaired) electrons. The van der Waals surface area contributed by atoms with Crippen molar-refractivity contribution >= 4 is 23.6 Å². The average Bonchev–Trinajstić information content (AvgIpc) is 3.45. The lowest BCUT2D eigenvalue weighted by molar-refractivity contribution is -0.122. The third kappa shape index (κ3) is 6.86. The Morgan fingerprint density at radius 2 is 1.78 bits per heavy atom. The van der Waals surface area contributed by atoms with E-state index in [4.69, 9.17) is 4.74 Å². The number of hydrogen-bond acceptors (Lipinski definition) is 4. The van der Waals surface area contributed by atoms with Crippen molar-refractivity contribution in [2.75, 3.05) is 11.9 Å². The van der Waals surface area contributed by atoms with Gasteiger partial charge in [-0.1, -0.05) is 36.4 Å². The largest absolute Gasteiger partial charge is 0.444 e. The maximum Gasteiger partial charge on any atom is 0.411 e. The zero-order valence-corrected chi connectivity index (χ0v) is 21.5. The summed E-state index contributed by atoms with van der Waals surface area (Å²) in [4.78, 5) is 40.3. The van der Waals surface area contributed by atoms with Gasteiger partial charge in [-0.2, -0.15) is 0 Å². The van der Waals surface area contributed by atoms with Crippen LogP contribution in [-0.4, -0.2) is 47.0 Å². The summed E-state index contributed by atoms with van der Waals surface area (Å²) in [6.07, 6.45) is 4.99. The van der Waals surface area contributed by atoms with E-state index in [1.807, 2.05) is 30.3 Å². The monoisotopic (exact) mass is 491 g/mol. The van der Waals surface area contributed by atoms with Crippen LogP contribution in [0.5, 0.6) is 0 Å². The molecule has 2 aromatic rings. The molecular weight excluding hydrogens is 454 g/mol. The standard InChI is InChI=1S/C29H37N3O4/c1-29(2,3)36-28(35)32-19-24(30-26(33)14-7-11-20-9-5-4-6-10-20)18-25(32)27(34)31-23-16-15-21-12-8-13-22(21)17-23/h4-6,9-10,15-17,24-25H,7-8,11-14,18-19H2,1-3H3,(H,30,33)(H,31,34)/t24-,25+/m1/s1. The maximum absolute atomic E-state index is 13.3. The van der Waals surface area contributed by atoms with Gasteiger partial charge >= 0.3 is 6.09 Å². The fourth-order valence-corrected chi connectivity index (χ4v) is 4.98. The lowest BCUT2D eigenvalue weighted by Crippen LogP contribution is -2.45. The van der Waals surface area contributed by atoms with E-state index < -0.39 is 17.7 Å². The van der Waals surface area contributed by atoms with Gasteiger partial charge in [-0.15, -0.1) is 0 Å². The van der Waals surface area contributed by atoms with Crippen molar-refractivity contribution in [2.45, 2.75) is 83.4 Å². The molecule has 2 aliphatic rings. The Morgan fingerprint density at radius 1 is 1.03 bits per heavy atom. The summed E-state index contributed by atoms with van der Waals surface area (Å²) in [7, 11) is 0. The number of benzene rings is 2. The number of hydrogen-bond donors (Lipinski definition) is 2. The molecule has 192 valence electrons. The first-order valence-corrected chi connectivity index (χ1v) is 12.9. The Labute approximate surface area is 213 Å². The molecule has 1 aliphatic carbocycles. The van der Waals surface area contributed by atoms with Crippen LogP contribution < -0.4 is 10.6 Å². The van der Waals surface area contributed by atoms with Gasteiger partial charge in [0.2, 0.25) is 11.8 Å². The van der Waals surface area contributed by atoms with Gasteiger partial charge in [0.15, 0.2) is 0 Å². The molecule has 0 aromatic heterocycles. The van der Waals surface area contributed by atoms with E-state index in [1.165, 1.54) is 21.6 Å². The van der Waals surface area contributed by atoms with Crippen molar-refractivity contribution in [1.82, 2.24) is 10.2 Å². The van der Waals surface area contributed by atoms with Crippen molar-refractivity contribution in [3.8, 4) is 0 Å². The molecule has 1 saturated heterocycles. The predicted molar refractivity (Wildman–Crippen MR) is 140 cm³/mol. The Morgan fingerprint density at radius 3 is 2.53 bits per heavy atom. The van der Waals surface area contributed by atoms with Crippen molar-refractivity contribution in [3.63, 3.8) is 0 Å². The molecule has 36 heavy (non-hydrogen) atoms. The van der Waals surface area contributed by atoms with E-state index in [2.05, 4.69) is 28.8 Å². The quantitative estimate of drug-likeness (QED) is 0.591. The summed E-state index contributed by atoms with van der Waals surface area (Å²) in [5.41, 5.74) is 3.85. The molecule has 0 bridgehead atoms. The number of amides is 3. The number of rotatable bonds is 7. The van der Waals surface area contributed by atoms with Gasteiger partial charge in [0.25, 0.3) is 0 Å². The average molecular weight is 492 g/mol. The minimum Gasteiger partial charge on any atom is -0.444 e. The van der Waals surface area contributed by atoms with E-state index in [-0.39, 0.29) is 24.4 Å². The van der Waals surface area contributed by atoms with Crippen LogP contribution in [0.2, 0.25) is 0 Å². The molecule has 4 rings (SSSR count). The number of fused-ring (bicyclic) bond motifs is 1. The highest BCUT2D eigenvalue weighted by Crippen LogP contribution is 2.27. The number of ether oxygens (including phenoxy) is 1. The SMILES string of the molecule is CC(C)(C)OC(=O)N1C[C@H](NC(=O)CCCc2ccccc2)C[C@H]1C(=O)Nc1ccc2c(c1)CCC2. The number of carbonyl (C=O) groups is 3. The van der Waals surface area contributed by atoms with Gasteiger partial charge in [0.1, 0.15) is 11.6 Å². The van der Waals surface area contributed by atoms with Crippen LogP contribution in [0.25, 0.3) is 0 Å². The molecule has 2 atom stereocenters. The number of nitrogens with one attached hydrogen (secondary N) is 2. The van der Waals surface area contributed by atoms with Gasteiger partial charge in [-0.05, 0) is 88.1 Å². The molecule has 2 aromatic carbocycles. The lowest BCUT2D eigenvalue weighted by atomic mass is 10.1. The molecular formula is C29H37N3O4. The zero-order valence-electron chi connectivity index (χ0n) is 21.5. The van der Waals surface area contributed by atoms with Crippen LogP contribution in [0.3, 0.4) is 0 Å². The van der Waals surface area contributed by atoms with Crippen molar-refractivity contribution in [1.29, 1.82) is 0 Å². The molecule has 7 heteroatoms. The number of carbonyl (C=O) groups excluding carboxylic acids is 3. The highest BCUT2D eigenvalue weighted by atomic mass is 16.6. The molecule has 0 spiro atoms. The van der Waals surface area contributed by atoms with E-state index in [0.29, 0.717) is 12.8 Å². The summed E-state index contributed by atoms with van der Waals surface area (Å²) in [5.74, 6) is -0.334. The smallest absolute Gasteiger partial charge is 0.411 e. The first kappa shape index (κ1) is 25.7. The molecule has 1 fully saturated rings. The molecule has 0 unspecified atom stereocenters. The normalized spacial score (nSPS) is 19.0. The van der Waals surface area contributed by atoms with Gasteiger partial charge in [0.05, 0.1) is 0 Å². The van der Waals surface area contributed by atoms with Gasteiger partial charge in [-0.3, -0.25) is 14.5 Å². The van der Waals surface area contributed by atoms with Crippen LogP contribution in [0.1, 0.15) is 63.1 Å². The first-order valence-electron chi connectivity index (χ1n) is 12.9. The van der Waals surface area contributed by atoms with Crippen LogP contribution in [-0.2, 0) is 33.6 Å². The second kappa shape index (κ2) is 11.1. The summed E-state index contributed by atoms with van der Waals surface area (Å²) in [6.45, 7) is 5.63. The van der Waals surface area contributed by atoms with E-state index in [9.17, 15) is 14.4 Å². The van der Waals surface area contributed by atoms with Gasteiger partial charge in [-0.25, -0.2) is 4.79 Å². The fourth-order valence-electron chi connectivity index (χ4n) is 4.98. The van der Waals surface area contributed by atoms with E-state index in [0.717, 1.165) is 37.8 Å². The van der Waals surface area contributed by atoms with Crippen LogP contribution >= 0.6 is 0 Å². The van der Waals surface area contributed by atoms with Crippen LogP contribution in [0, 0.1) is 0 Å². The van der Waals surface area contributed by atoms with E-state index in [1.54, 1.807) is 20.8 Å². The molecule has 3 amide bonds. The molecule has 1 heterocycles. The number of anilines is 1. The number of likely N-dealkylation sites (tertiary alicyclic amines) is 1. The first-order chi connectivity index (χ1) is 17.2. The molecule has 7 nitrogen and oxygen atoms in total. The van der Waals surface area contributed by atoms with Crippen molar-refractivity contribution in [2.24, 2.45) is 0 Å². The minimum absolute atomic E-state index is 0.0697. The Hall–Kier alpha value is -3.35. The lowest BCUT2D eigenvalue weighted by Gasteiger charge is -2.28. The number of nitrogens with zero attached hydrogens (tertiary/aromatic N) is 1.